The Morgan fingerprint density at radius 1 is 0.900 bits per heavy atom. The molecule has 1 atom stereocenters. The summed E-state index contributed by atoms with van der Waals surface area (Å²) in [7, 11) is 0. The SMILES string of the molecule is Cc1ccc(NC(=O)C(C)Sc2ccc(NC(=O)c3cccc(Cl)c3)cc2)cc1Cl. The fourth-order valence-corrected chi connectivity index (χ4v) is 3.86. The number of amides is 2. The number of anilines is 2. The quantitative estimate of drug-likeness (QED) is 0.405. The van der Waals surface area contributed by atoms with Gasteiger partial charge in [-0.15, -0.1) is 11.8 Å². The van der Waals surface area contributed by atoms with E-state index >= 15 is 0 Å². The Hall–Kier alpha value is -2.47. The van der Waals surface area contributed by atoms with E-state index in [2.05, 4.69) is 10.6 Å². The van der Waals surface area contributed by atoms with E-state index in [1.165, 1.54) is 11.8 Å². The molecule has 1 unspecified atom stereocenters. The zero-order valence-corrected chi connectivity index (χ0v) is 18.7. The standard InChI is InChI=1S/C23H20Cl2N2O2S/c1-14-6-7-19(13-21(14)25)27-22(28)15(2)30-20-10-8-18(9-11-20)26-23(29)16-4-3-5-17(24)12-16/h3-13,15H,1-2H3,(H,26,29)(H,27,28). The molecule has 30 heavy (non-hydrogen) atoms. The van der Waals surface area contributed by atoms with Gasteiger partial charge in [0, 0.05) is 31.9 Å². The number of nitrogens with one attached hydrogen (secondary N) is 2. The molecule has 7 heteroatoms. The van der Waals surface area contributed by atoms with Crippen LogP contribution in [0.3, 0.4) is 0 Å². The van der Waals surface area contributed by atoms with Crippen molar-refractivity contribution in [3.63, 3.8) is 0 Å². The average molecular weight is 459 g/mol. The predicted octanol–water partition coefficient (Wildman–Crippen LogP) is 6.67. The first-order valence-electron chi connectivity index (χ1n) is 9.22. The highest BCUT2D eigenvalue weighted by atomic mass is 35.5. The van der Waals surface area contributed by atoms with Crippen LogP contribution < -0.4 is 10.6 Å². The Morgan fingerprint density at radius 2 is 1.60 bits per heavy atom. The number of carbonyl (C=O) groups is 2. The van der Waals surface area contributed by atoms with Crippen LogP contribution in [0, 0.1) is 6.92 Å². The van der Waals surface area contributed by atoms with Crippen molar-refractivity contribution in [2.24, 2.45) is 0 Å². The van der Waals surface area contributed by atoms with Crippen molar-refractivity contribution in [3.8, 4) is 0 Å². The van der Waals surface area contributed by atoms with Gasteiger partial charge in [-0.2, -0.15) is 0 Å². The largest absolute Gasteiger partial charge is 0.325 e. The fraction of sp³-hybridized carbons (Fsp3) is 0.130. The summed E-state index contributed by atoms with van der Waals surface area (Å²) in [5, 5.41) is 6.53. The molecule has 0 aliphatic rings. The number of hydrogen-bond donors (Lipinski definition) is 2. The van der Waals surface area contributed by atoms with E-state index in [4.69, 9.17) is 23.2 Å². The number of hydrogen-bond acceptors (Lipinski definition) is 3. The van der Waals surface area contributed by atoms with Gasteiger partial charge < -0.3 is 10.6 Å². The highest BCUT2D eigenvalue weighted by molar-refractivity contribution is 8.00. The summed E-state index contributed by atoms with van der Waals surface area (Å²) in [6.07, 6.45) is 0. The average Bonchev–Trinajstić information content (AvgIpc) is 2.72. The Balaban J connectivity index is 1.57. The lowest BCUT2D eigenvalue weighted by Gasteiger charge is -2.13. The van der Waals surface area contributed by atoms with Gasteiger partial charge in [-0.1, -0.05) is 35.3 Å². The first-order chi connectivity index (χ1) is 14.3. The normalized spacial score (nSPS) is 11.6. The molecule has 0 bridgehead atoms. The molecule has 0 aromatic heterocycles. The minimum absolute atomic E-state index is 0.113. The number of carbonyl (C=O) groups excluding carboxylic acids is 2. The lowest BCUT2D eigenvalue weighted by atomic mass is 10.2. The van der Waals surface area contributed by atoms with Crippen LogP contribution >= 0.6 is 35.0 Å². The second-order valence-electron chi connectivity index (χ2n) is 6.70. The summed E-state index contributed by atoms with van der Waals surface area (Å²) >= 11 is 13.5. The van der Waals surface area contributed by atoms with Crippen LogP contribution in [0.4, 0.5) is 11.4 Å². The van der Waals surface area contributed by atoms with Gasteiger partial charge in [-0.25, -0.2) is 0 Å². The van der Waals surface area contributed by atoms with Crippen molar-refractivity contribution in [1.82, 2.24) is 0 Å². The minimum atomic E-state index is -0.308. The number of halogens is 2. The van der Waals surface area contributed by atoms with Crippen LogP contribution in [0.1, 0.15) is 22.8 Å². The smallest absolute Gasteiger partial charge is 0.255 e. The second kappa shape index (κ2) is 10.0. The molecule has 2 N–H and O–H groups in total. The highest BCUT2D eigenvalue weighted by Crippen LogP contribution is 2.27. The van der Waals surface area contributed by atoms with Crippen LogP contribution in [0.2, 0.25) is 10.0 Å². The van der Waals surface area contributed by atoms with Crippen LogP contribution in [0.25, 0.3) is 0 Å². The molecule has 0 aliphatic heterocycles. The number of benzene rings is 3. The van der Waals surface area contributed by atoms with Gasteiger partial charge >= 0.3 is 0 Å². The Morgan fingerprint density at radius 3 is 2.27 bits per heavy atom. The number of thioether (sulfide) groups is 1. The van der Waals surface area contributed by atoms with Gasteiger partial charge in [-0.05, 0) is 74.0 Å². The van der Waals surface area contributed by atoms with Gasteiger partial charge in [0.25, 0.3) is 5.91 Å². The van der Waals surface area contributed by atoms with E-state index in [0.29, 0.717) is 27.0 Å². The van der Waals surface area contributed by atoms with Crippen molar-refractivity contribution in [1.29, 1.82) is 0 Å². The molecule has 0 saturated heterocycles. The Kier molecular flexibility index (Phi) is 7.43. The number of aryl methyl sites for hydroxylation is 1. The lowest BCUT2D eigenvalue weighted by Crippen LogP contribution is -2.22. The van der Waals surface area contributed by atoms with E-state index in [9.17, 15) is 9.59 Å². The third-order valence-corrected chi connectivity index (χ3v) is 6.07. The zero-order chi connectivity index (χ0) is 21.7. The van der Waals surface area contributed by atoms with Gasteiger partial charge in [0.15, 0.2) is 0 Å². The monoisotopic (exact) mass is 458 g/mol. The second-order valence-corrected chi connectivity index (χ2v) is 8.96. The van der Waals surface area contributed by atoms with E-state index in [0.717, 1.165) is 10.5 Å². The molecule has 0 radical (unpaired) electrons. The van der Waals surface area contributed by atoms with E-state index in [1.807, 2.05) is 38.1 Å². The molecule has 4 nitrogen and oxygen atoms in total. The molecule has 3 aromatic carbocycles. The summed E-state index contributed by atoms with van der Waals surface area (Å²) in [6, 6.07) is 19.5. The maximum atomic E-state index is 12.5. The first kappa shape index (κ1) is 22.2. The maximum Gasteiger partial charge on any atom is 0.255 e. The third-order valence-electron chi connectivity index (χ3n) is 4.32. The molecule has 0 aliphatic carbocycles. The molecule has 0 saturated carbocycles. The zero-order valence-electron chi connectivity index (χ0n) is 16.4. The summed E-state index contributed by atoms with van der Waals surface area (Å²) in [5.74, 6) is -0.347. The van der Waals surface area contributed by atoms with Gasteiger partial charge in [0.1, 0.15) is 0 Å². The van der Waals surface area contributed by atoms with E-state index in [-0.39, 0.29) is 17.1 Å². The van der Waals surface area contributed by atoms with Crippen molar-refractivity contribution >= 4 is 58.2 Å². The van der Waals surface area contributed by atoms with Gasteiger partial charge in [0.05, 0.1) is 5.25 Å². The first-order valence-corrected chi connectivity index (χ1v) is 10.9. The minimum Gasteiger partial charge on any atom is -0.325 e. The van der Waals surface area contributed by atoms with Gasteiger partial charge in [0.2, 0.25) is 5.91 Å². The molecule has 0 spiro atoms. The lowest BCUT2D eigenvalue weighted by molar-refractivity contribution is -0.115. The molecule has 0 fully saturated rings. The summed E-state index contributed by atoms with van der Waals surface area (Å²) in [6.45, 7) is 3.75. The van der Waals surface area contributed by atoms with E-state index < -0.39 is 0 Å². The van der Waals surface area contributed by atoms with Crippen LogP contribution in [-0.4, -0.2) is 17.1 Å². The summed E-state index contributed by atoms with van der Waals surface area (Å²) in [5.41, 5.74) is 2.78. The van der Waals surface area contributed by atoms with Crippen molar-refractivity contribution in [3.05, 3.63) is 87.9 Å². The molecule has 3 rings (SSSR count). The maximum absolute atomic E-state index is 12.5. The van der Waals surface area contributed by atoms with Crippen molar-refractivity contribution in [2.45, 2.75) is 24.0 Å². The van der Waals surface area contributed by atoms with E-state index in [1.54, 1.807) is 42.5 Å². The van der Waals surface area contributed by atoms with Crippen molar-refractivity contribution in [2.75, 3.05) is 10.6 Å². The molecular formula is C23H20Cl2N2O2S. The highest BCUT2D eigenvalue weighted by Gasteiger charge is 2.15. The molecular weight excluding hydrogens is 439 g/mol. The molecule has 3 aromatic rings. The summed E-state index contributed by atoms with van der Waals surface area (Å²) < 4.78 is 0. The Bertz CT molecular complexity index is 1070. The van der Waals surface area contributed by atoms with Gasteiger partial charge in [-0.3, -0.25) is 9.59 Å². The summed E-state index contributed by atoms with van der Waals surface area (Å²) in [4.78, 5) is 25.7. The van der Waals surface area contributed by atoms with Crippen LogP contribution in [0.15, 0.2) is 71.6 Å². The molecule has 2 amide bonds. The topological polar surface area (TPSA) is 58.2 Å². The fourth-order valence-electron chi connectivity index (χ4n) is 2.62. The number of rotatable bonds is 6. The third kappa shape index (κ3) is 6.02. The van der Waals surface area contributed by atoms with Crippen LogP contribution in [-0.2, 0) is 4.79 Å². The molecule has 0 heterocycles. The van der Waals surface area contributed by atoms with Crippen LogP contribution in [0.5, 0.6) is 0 Å². The predicted molar refractivity (Wildman–Crippen MR) is 126 cm³/mol. The van der Waals surface area contributed by atoms with Crippen molar-refractivity contribution < 1.29 is 9.59 Å². The Labute approximate surface area is 190 Å². The molecule has 154 valence electrons.